The fourth-order valence-corrected chi connectivity index (χ4v) is 0.825. The molecular weight excluding hydrogens is 237 g/mol. The molecule has 1 N–H and O–H groups in total. The Hall–Kier alpha value is 0.450. The molecule has 84 valence electrons. The second-order valence-corrected chi connectivity index (χ2v) is 3.17. The van der Waals surface area contributed by atoms with Crippen LogP contribution < -0.4 is 5.48 Å². The first kappa shape index (κ1) is 19.1. The first-order chi connectivity index (χ1) is 5.68. The van der Waals surface area contributed by atoms with E-state index in [0.29, 0.717) is 0 Å². The minimum atomic E-state index is -2.23. The Morgan fingerprint density at radius 3 is 2.00 bits per heavy atom. The van der Waals surface area contributed by atoms with Gasteiger partial charge in [-0.2, -0.15) is 0 Å². The molecule has 13 heavy (non-hydrogen) atoms. The van der Waals surface area contributed by atoms with Gasteiger partial charge in [0.05, 0.1) is 12.4 Å². The van der Waals surface area contributed by atoms with E-state index in [2.05, 4.69) is 5.48 Å². The zero-order valence-electron chi connectivity index (χ0n) is 7.79. The van der Waals surface area contributed by atoms with Gasteiger partial charge in [0.25, 0.3) is 0 Å². The second kappa shape index (κ2) is 18.3. The third-order valence-electron chi connectivity index (χ3n) is 0.658. The molecule has 0 aliphatic heterocycles. The Morgan fingerprint density at radius 2 is 1.92 bits per heavy atom. The summed E-state index contributed by atoms with van der Waals surface area (Å²) >= 11 is 5.01. The normalized spacial score (nSPS) is 8.62. The molecule has 0 saturated heterocycles. The highest BCUT2D eigenvalue weighted by atomic mass is 35.5. The van der Waals surface area contributed by atoms with Gasteiger partial charge in [-0.25, -0.2) is 13.9 Å². The topological polar surface area (TPSA) is 55.4 Å². The number of hydroxylamine groups is 1. The maximum atomic E-state index is 9.55. The van der Waals surface area contributed by atoms with Gasteiger partial charge in [0, 0.05) is 12.4 Å². The summed E-state index contributed by atoms with van der Waals surface area (Å²) in [5.41, 5.74) is 2.70. The number of hydrogen-bond acceptors (Lipinski definition) is 4. The second-order valence-electron chi connectivity index (χ2n) is 1.68. The van der Waals surface area contributed by atoms with Crippen molar-refractivity contribution in [2.75, 3.05) is 24.8 Å². The molecule has 0 spiro atoms. The van der Waals surface area contributed by atoms with E-state index in [0.717, 1.165) is 13.2 Å². The Morgan fingerprint density at radius 1 is 1.38 bits per heavy atom. The number of rotatable bonds is 5. The lowest BCUT2D eigenvalue weighted by Crippen LogP contribution is -2.12. The van der Waals surface area contributed by atoms with Crippen molar-refractivity contribution < 1.29 is 13.3 Å². The number of halogens is 2. The van der Waals surface area contributed by atoms with Crippen molar-refractivity contribution >= 4 is 34.7 Å². The summed E-state index contributed by atoms with van der Waals surface area (Å²) in [4.78, 5) is 4.73. The molecule has 0 rings (SSSR count). The quantitative estimate of drug-likeness (QED) is 0.330. The van der Waals surface area contributed by atoms with Crippen molar-refractivity contribution in [3.8, 4) is 0 Å². The van der Waals surface area contributed by atoms with E-state index in [4.69, 9.17) is 16.4 Å². The Balaban J connectivity index is -0.000000143. The number of thiol groups is 1. The lowest BCUT2D eigenvalue weighted by molar-refractivity contribution is 0.0547. The van der Waals surface area contributed by atoms with E-state index in [1.807, 2.05) is 13.8 Å². The van der Waals surface area contributed by atoms with E-state index in [1.165, 1.54) is 0 Å². The van der Waals surface area contributed by atoms with Gasteiger partial charge in [-0.05, 0) is 6.92 Å². The molecule has 0 aromatic heterocycles. The fourth-order valence-electron chi connectivity index (χ4n) is 0.273. The van der Waals surface area contributed by atoms with Crippen molar-refractivity contribution in [3.05, 3.63) is 0 Å². The van der Waals surface area contributed by atoms with Crippen LogP contribution >= 0.6 is 24.0 Å². The van der Waals surface area contributed by atoms with Crippen LogP contribution in [0.2, 0.25) is 0 Å². The van der Waals surface area contributed by atoms with Crippen LogP contribution in [0.1, 0.15) is 13.8 Å². The van der Waals surface area contributed by atoms with Gasteiger partial charge in [0.15, 0.2) is 0 Å². The molecule has 0 aliphatic carbocycles. The van der Waals surface area contributed by atoms with Crippen molar-refractivity contribution in [1.29, 1.82) is 0 Å². The highest BCUT2D eigenvalue weighted by molar-refractivity contribution is 7.72. The van der Waals surface area contributed by atoms with Gasteiger partial charge in [-0.1, -0.05) is 6.92 Å². The SMILES string of the molecule is CCNOCC.Cl.O=[SH](=O)CCCl. The molecule has 0 saturated carbocycles. The van der Waals surface area contributed by atoms with Gasteiger partial charge >= 0.3 is 0 Å². The molecule has 7 heteroatoms. The van der Waals surface area contributed by atoms with E-state index in [1.54, 1.807) is 0 Å². The van der Waals surface area contributed by atoms with E-state index in [-0.39, 0.29) is 24.0 Å². The molecule has 0 amide bonds. The monoisotopic (exact) mass is 253 g/mol. The first-order valence-corrected chi connectivity index (χ1v) is 5.61. The Labute approximate surface area is 92.3 Å². The molecule has 0 radical (unpaired) electrons. The lowest BCUT2D eigenvalue weighted by Gasteiger charge is -1.94. The predicted molar refractivity (Wildman–Crippen MR) is 58.5 cm³/mol. The van der Waals surface area contributed by atoms with Gasteiger partial charge in [0.2, 0.25) is 0 Å². The molecule has 0 aliphatic rings. The summed E-state index contributed by atoms with van der Waals surface area (Å²) in [7, 11) is -2.23. The molecular formula is C6H17Cl2NO3S. The van der Waals surface area contributed by atoms with Crippen LogP contribution in [0.25, 0.3) is 0 Å². The van der Waals surface area contributed by atoms with Crippen LogP contribution in [0.5, 0.6) is 0 Å². The first-order valence-electron chi connectivity index (χ1n) is 3.71. The van der Waals surface area contributed by atoms with Crippen molar-refractivity contribution in [2.45, 2.75) is 13.8 Å². The standard InChI is InChI=1S/C4H11NO.C2H5ClO2S.ClH/c1-3-5-6-4-2;3-1-2-6(4)5;/h5H,3-4H2,1-2H3;6H,1-2H2;1H. The zero-order chi connectivity index (χ0) is 9.82. The Bertz CT molecular complexity index is 132. The molecule has 0 heterocycles. The molecule has 4 nitrogen and oxygen atoms in total. The summed E-state index contributed by atoms with van der Waals surface area (Å²) in [5.74, 6) is 0.301. The highest BCUT2D eigenvalue weighted by Crippen LogP contribution is 1.71. The highest BCUT2D eigenvalue weighted by Gasteiger charge is 1.77. The summed E-state index contributed by atoms with van der Waals surface area (Å²) in [6, 6.07) is 0. The summed E-state index contributed by atoms with van der Waals surface area (Å²) in [6.45, 7) is 5.57. The number of hydrogen-bond donors (Lipinski definition) is 2. The number of nitrogens with one attached hydrogen (secondary N) is 1. The molecule has 0 bridgehead atoms. The third-order valence-corrected chi connectivity index (χ3v) is 1.70. The van der Waals surface area contributed by atoms with Crippen molar-refractivity contribution in [1.82, 2.24) is 5.48 Å². The largest absolute Gasteiger partial charge is 0.302 e. The van der Waals surface area contributed by atoms with Crippen LogP contribution in [0.15, 0.2) is 0 Å². The summed E-state index contributed by atoms with van der Waals surface area (Å²) < 4.78 is 19.1. The van der Waals surface area contributed by atoms with Crippen LogP contribution in [0.4, 0.5) is 0 Å². The molecule has 0 fully saturated rings. The van der Waals surface area contributed by atoms with Crippen molar-refractivity contribution in [2.24, 2.45) is 0 Å². The van der Waals surface area contributed by atoms with Crippen LogP contribution in [0.3, 0.4) is 0 Å². The minimum Gasteiger partial charge on any atom is -0.302 e. The van der Waals surface area contributed by atoms with E-state index < -0.39 is 10.7 Å². The van der Waals surface area contributed by atoms with Gasteiger partial charge in [-0.3, -0.25) is 0 Å². The van der Waals surface area contributed by atoms with Crippen molar-refractivity contribution in [3.63, 3.8) is 0 Å². The smallest absolute Gasteiger partial charge is 0.141 e. The lowest BCUT2D eigenvalue weighted by atomic mass is 10.8. The summed E-state index contributed by atoms with van der Waals surface area (Å²) in [5, 5.41) is 0. The van der Waals surface area contributed by atoms with Gasteiger partial charge in [0.1, 0.15) is 10.7 Å². The molecule has 0 atom stereocenters. The third kappa shape index (κ3) is 32.7. The fraction of sp³-hybridized carbons (Fsp3) is 1.00. The molecule has 0 unspecified atom stereocenters. The zero-order valence-corrected chi connectivity index (χ0v) is 10.3. The molecule has 0 aromatic carbocycles. The average Bonchev–Trinajstić information content (AvgIpc) is 2.02. The number of alkyl halides is 1. The van der Waals surface area contributed by atoms with Gasteiger partial charge < -0.3 is 4.84 Å². The maximum Gasteiger partial charge on any atom is 0.141 e. The summed E-state index contributed by atoms with van der Waals surface area (Å²) in [6.07, 6.45) is 0. The van der Waals surface area contributed by atoms with E-state index in [9.17, 15) is 8.42 Å². The van der Waals surface area contributed by atoms with Gasteiger partial charge in [-0.15, -0.1) is 24.0 Å². The van der Waals surface area contributed by atoms with Crippen LogP contribution in [0, 0.1) is 0 Å². The average molecular weight is 254 g/mol. The predicted octanol–water partition coefficient (Wildman–Crippen LogP) is 0.806. The maximum absolute atomic E-state index is 9.55. The molecule has 0 aromatic rings. The van der Waals surface area contributed by atoms with E-state index >= 15 is 0 Å². The van der Waals surface area contributed by atoms with Crippen LogP contribution in [-0.4, -0.2) is 33.2 Å². The Kier molecular flexibility index (Phi) is 26.8. The minimum absolute atomic E-state index is 0. The van der Waals surface area contributed by atoms with Crippen LogP contribution in [-0.2, 0) is 15.5 Å².